The average molecular weight is 273 g/mol. The molecular formula is C16H23N3O. The van der Waals surface area contributed by atoms with Gasteiger partial charge in [-0.15, -0.1) is 0 Å². The van der Waals surface area contributed by atoms with Gasteiger partial charge in [-0.1, -0.05) is 25.5 Å². The maximum Gasteiger partial charge on any atom is 0.269 e. The Morgan fingerprint density at radius 2 is 2.10 bits per heavy atom. The molecule has 0 fully saturated rings. The Morgan fingerprint density at radius 1 is 1.30 bits per heavy atom. The van der Waals surface area contributed by atoms with Crippen molar-refractivity contribution >= 4 is 11.0 Å². The molecule has 4 heteroatoms. The maximum atomic E-state index is 12.0. The first-order valence-corrected chi connectivity index (χ1v) is 7.40. The van der Waals surface area contributed by atoms with Gasteiger partial charge in [-0.3, -0.25) is 4.79 Å². The molecule has 1 heterocycles. The lowest BCUT2D eigenvalue weighted by Gasteiger charge is -2.13. The van der Waals surface area contributed by atoms with Gasteiger partial charge < -0.3 is 9.88 Å². The van der Waals surface area contributed by atoms with Crippen molar-refractivity contribution in [3.05, 3.63) is 40.8 Å². The van der Waals surface area contributed by atoms with Gasteiger partial charge in [0.2, 0.25) is 0 Å². The van der Waals surface area contributed by atoms with Crippen LogP contribution in [0.25, 0.3) is 11.0 Å². The Kier molecular flexibility index (Phi) is 5.30. The predicted octanol–water partition coefficient (Wildman–Crippen LogP) is 2.56. The van der Waals surface area contributed by atoms with Gasteiger partial charge in [-0.2, -0.15) is 0 Å². The molecule has 4 nitrogen and oxygen atoms in total. The van der Waals surface area contributed by atoms with Crippen LogP contribution in [0, 0.1) is 0 Å². The molecule has 2 aromatic rings. The van der Waals surface area contributed by atoms with Crippen molar-refractivity contribution in [2.75, 3.05) is 6.54 Å². The molecule has 1 N–H and O–H groups in total. The van der Waals surface area contributed by atoms with E-state index in [-0.39, 0.29) is 5.56 Å². The number of rotatable bonds is 7. The Hall–Kier alpha value is -1.68. The van der Waals surface area contributed by atoms with E-state index >= 15 is 0 Å². The lowest BCUT2D eigenvalue weighted by Crippen LogP contribution is -2.25. The Labute approximate surface area is 119 Å². The first-order chi connectivity index (χ1) is 9.72. The van der Waals surface area contributed by atoms with Crippen molar-refractivity contribution in [1.82, 2.24) is 14.9 Å². The number of hydrogen-bond donors (Lipinski definition) is 1. The first-order valence-electron chi connectivity index (χ1n) is 7.40. The van der Waals surface area contributed by atoms with Crippen LogP contribution < -0.4 is 10.9 Å². The molecule has 108 valence electrons. The lowest BCUT2D eigenvalue weighted by molar-refractivity contribution is 0.485. The van der Waals surface area contributed by atoms with E-state index in [4.69, 9.17) is 0 Å². The monoisotopic (exact) mass is 273 g/mol. The largest absolute Gasteiger partial charge is 0.315 e. The minimum atomic E-state index is -0.0107. The highest BCUT2D eigenvalue weighted by Gasteiger charge is 2.04. The van der Waals surface area contributed by atoms with Crippen molar-refractivity contribution in [3.8, 4) is 0 Å². The summed E-state index contributed by atoms with van der Waals surface area (Å²) in [6, 6.07) is 8.35. The molecule has 1 atom stereocenters. The lowest BCUT2D eigenvalue weighted by atomic mass is 10.1. The van der Waals surface area contributed by atoms with Gasteiger partial charge >= 0.3 is 0 Å². The highest BCUT2D eigenvalue weighted by molar-refractivity contribution is 5.74. The summed E-state index contributed by atoms with van der Waals surface area (Å²) >= 11 is 0. The number of para-hydroxylation sites is 2. The molecule has 0 aliphatic rings. The zero-order valence-corrected chi connectivity index (χ0v) is 12.3. The number of fused-ring (bicyclic) bond motifs is 1. The quantitative estimate of drug-likeness (QED) is 0.789. The molecule has 0 radical (unpaired) electrons. The van der Waals surface area contributed by atoms with Crippen LogP contribution >= 0.6 is 0 Å². The summed E-state index contributed by atoms with van der Waals surface area (Å²) in [4.78, 5) is 16.1. The topological polar surface area (TPSA) is 46.9 Å². The minimum absolute atomic E-state index is 0.0107. The van der Waals surface area contributed by atoms with E-state index in [1.54, 1.807) is 0 Å². The van der Waals surface area contributed by atoms with Crippen LogP contribution in [0.3, 0.4) is 0 Å². The molecule has 1 unspecified atom stereocenters. The third-order valence-corrected chi connectivity index (χ3v) is 3.57. The van der Waals surface area contributed by atoms with Crippen molar-refractivity contribution in [2.45, 2.75) is 45.7 Å². The number of hydrogen-bond acceptors (Lipinski definition) is 3. The first kappa shape index (κ1) is 14.7. The van der Waals surface area contributed by atoms with Gasteiger partial charge in [-0.25, -0.2) is 4.98 Å². The molecule has 1 aromatic carbocycles. The van der Waals surface area contributed by atoms with Crippen LogP contribution in [-0.2, 0) is 6.54 Å². The zero-order valence-electron chi connectivity index (χ0n) is 12.3. The number of nitrogens with zero attached hydrogens (tertiary/aromatic N) is 2. The number of nitrogens with one attached hydrogen (secondary N) is 1. The fourth-order valence-electron chi connectivity index (χ4n) is 2.52. The summed E-state index contributed by atoms with van der Waals surface area (Å²) in [5, 5.41) is 3.41. The molecule has 0 aliphatic carbocycles. The predicted molar refractivity (Wildman–Crippen MR) is 83.0 cm³/mol. The van der Waals surface area contributed by atoms with Crippen molar-refractivity contribution in [1.29, 1.82) is 0 Å². The summed E-state index contributed by atoms with van der Waals surface area (Å²) in [6.45, 7) is 6.10. The van der Waals surface area contributed by atoms with Crippen LogP contribution in [0.15, 0.2) is 35.3 Å². The van der Waals surface area contributed by atoms with Crippen LogP contribution in [0.2, 0.25) is 0 Å². The second kappa shape index (κ2) is 7.20. The SMILES string of the molecule is CCNC(C)CCCCn1c(=O)cnc2ccccc21. The summed E-state index contributed by atoms with van der Waals surface area (Å²) < 4.78 is 1.83. The molecule has 0 saturated heterocycles. The zero-order chi connectivity index (χ0) is 14.4. The number of benzene rings is 1. The van der Waals surface area contributed by atoms with Crippen LogP contribution in [-0.4, -0.2) is 22.1 Å². The second-order valence-electron chi connectivity index (χ2n) is 5.19. The summed E-state index contributed by atoms with van der Waals surface area (Å²) in [6.07, 6.45) is 4.70. The van der Waals surface area contributed by atoms with Crippen LogP contribution in [0.1, 0.15) is 33.1 Å². The smallest absolute Gasteiger partial charge is 0.269 e. The second-order valence-corrected chi connectivity index (χ2v) is 5.19. The summed E-state index contributed by atoms with van der Waals surface area (Å²) in [5.74, 6) is 0. The van der Waals surface area contributed by atoms with E-state index in [1.807, 2.05) is 28.8 Å². The third-order valence-electron chi connectivity index (χ3n) is 3.57. The van der Waals surface area contributed by atoms with Gasteiger partial charge in [-0.05, 0) is 38.4 Å². The van der Waals surface area contributed by atoms with Crippen molar-refractivity contribution in [3.63, 3.8) is 0 Å². The number of aryl methyl sites for hydroxylation is 1. The van der Waals surface area contributed by atoms with Gasteiger partial charge in [0.15, 0.2) is 0 Å². The fraction of sp³-hybridized carbons (Fsp3) is 0.500. The Morgan fingerprint density at radius 3 is 2.90 bits per heavy atom. The molecule has 0 saturated carbocycles. The van der Waals surface area contributed by atoms with Crippen LogP contribution in [0.4, 0.5) is 0 Å². The van der Waals surface area contributed by atoms with Crippen molar-refractivity contribution in [2.24, 2.45) is 0 Å². The van der Waals surface area contributed by atoms with E-state index in [0.717, 1.165) is 43.4 Å². The fourth-order valence-corrected chi connectivity index (χ4v) is 2.52. The summed E-state index contributed by atoms with van der Waals surface area (Å²) in [5.41, 5.74) is 1.80. The molecule has 1 aromatic heterocycles. The Balaban J connectivity index is 1.99. The van der Waals surface area contributed by atoms with Crippen molar-refractivity contribution < 1.29 is 0 Å². The highest BCUT2D eigenvalue weighted by atomic mass is 16.1. The highest BCUT2D eigenvalue weighted by Crippen LogP contribution is 2.10. The van der Waals surface area contributed by atoms with Gasteiger partial charge in [0.05, 0.1) is 17.2 Å². The van der Waals surface area contributed by atoms with E-state index < -0.39 is 0 Å². The number of aromatic nitrogens is 2. The third kappa shape index (κ3) is 3.67. The minimum Gasteiger partial charge on any atom is -0.315 e. The van der Waals surface area contributed by atoms with E-state index in [1.165, 1.54) is 6.20 Å². The molecule has 0 bridgehead atoms. The molecule has 0 aliphatic heterocycles. The maximum absolute atomic E-state index is 12.0. The van der Waals surface area contributed by atoms with E-state index in [2.05, 4.69) is 24.1 Å². The average Bonchev–Trinajstić information content (AvgIpc) is 2.45. The van der Waals surface area contributed by atoms with Gasteiger partial charge in [0.1, 0.15) is 0 Å². The van der Waals surface area contributed by atoms with E-state index in [0.29, 0.717) is 6.04 Å². The molecule has 0 amide bonds. The Bertz CT molecular complexity index is 606. The van der Waals surface area contributed by atoms with Gasteiger partial charge in [0, 0.05) is 12.6 Å². The molecule has 0 spiro atoms. The van der Waals surface area contributed by atoms with E-state index in [9.17, 15) is 4.79 Å². The molecular weight excluding hydrogens is 250 g/mol. The summed E-state index contributed by atoms with van der Waals surface area (Å²) in [7, 11) is 0. The molecule has 2 rings (SSSR count). The van der Waals surface area contributed by atoms with Crippen LogP contribution in [0.5, 0.6) is 0 Å². The molecule has 20 heavy (non-hydrogen) atoms. The number of unbranched alkanes of at least 4 members (excludes halogenated alkanes) is 1. The normalized spacial score (nSPS) is 12.7. The standard InChI is InChI=1S/C16H23N3O/c1-3-17-13(2)8-6-7-11-19-15-10-5-4-9-14(15)18-12-16(19)20/h4-5,9-10,12-13,17H,3,6-8,11H2,1-2H3. The van der Waals surface area contributed by atoms with Gasteiger partial charge in [0.25, 0.3) is 5.56 Å².